The topological polar surface area (TPSA) is 68.5 Å². The summed E-state index contributed by atoms with van der Waals surface area (Å²) in [5.74, 6) is 0.542. The van der Waals surface area contributed by atoms with Crippen molar-refractivity contribution in [3.63, 3.8) is 0 Å². The molecule has 2 aromatic carbocycles. The molecule has 1 amide bonds. The summed E-state index contributed by atoms with van der Waals surface area (Å²) >= 11 is 0. The molecule has 0 aliphatic heterocycles. The van der Waals surface area contributed by atoms with Gasteiger partial charge in [-0.3, -0.25) is 19.2 Å². The third kappa shape index (κ3) is 4.16. The average Bonchev–Trinajstić information content (AvgIpc) is 2.97. The highest BCUT2D eigenvalue weighted by Crippen LogP contribution is 2.20. The first-order valence-corrected chi connectivity index (χ1v) is 9.82. The molecule has 0 bridgehead atoms. The van der Waals surface area contributed by atoms with E-state index in [2.05, 4.69) is 5.32 Å². The van der Waals surface area contributed by atoms with Gasteiger partial charge in [0.15, 0.2) is 0 Å². The molecule has 7 heteroatoms. The van der Waals surface area contributed by atoms with E-state index in [1.54, 1.807) is 23.5 Å². The van der Waals surface area contributed by atoms with Gasteiger partial charge in [0.25, 0.3) is 5.56 Å². The van der Waals surface area contributed by atoms with E-state index in [9.17, 15) is 9.59 Å². The Kier molecular flexibility index (Phi) is 6.42. The van der Waals surface area contributed by atoms with Gasteiger partial charge in [-0.15, -0.1) is 0 Å². The molecule has 1 aromatic heterocycles. The zero-order valence-corrected chi connectivity index (χ0v) is 18.0. The first kappa shape index (κ1) is 21.4. The van der Waals surface area contributed by atoms with Crippen LogP contribution >= 0.6 is 0 Å². The fourth-order valence-corrected chi connectivity index (χ4v) is 3.38. The zero-order valence-electron chi connectivity index (χ0n) is 18.0. The van der Waals surface area contributed by atoms with Crippen LogP contribution in [0.25, 0.3) is 5.69 Å². The number of hydrogen-bond acceptors (Lipinski definition) is 4. The van der Waals surface area contributed by atoms with Crippen LogP contribution in [0.4, 0.5) is 5.69 Å². The van der Waals surface area contributed by atoms with Gasteiger partial charge in [0.2, 0.25) is 5.91 Å². The van der Waals surface area contributed by atoms with Crippen LogP contribution in [-0.2, 0) is 18.4 Å². The molecule has 1 heterocycles. The molecular formula is C23H28N4O3. The summed E-state index contributed by atoms with van der Waals surface area (Å²) in [6, 6.07) is 16.6. The van der Waals surface area contributed by atoms with Gasteiger partial charge in [-0.2, -0.15) is 0 Å². The third-order valence-electron chi connectivity index (χ3n) is 5.46. The number of carbonyl (C=O) groups excluding carboxylic acids is 1. The van der Waals surface area contributed by atoms with E-state index in [4.69, 9.17) is 4.74 Å². The summed E-state index contributed by atoms with van der Waals surface area (Å²) in [4.78, 5) is 27.8. The van der Waals surface area contributed by atoms with Crippen molar-refractivity contribution >= 4 is 11.6 Å². The van der Waals surface area contributed by atoms with Crippen molar-refractivity contribution in [2.75, 3.05) is 19.5 Å². The molecule has 3 rings (SSSR count). The summed E-state index contributed by atoms with van der Waals surface area (Å²) < 4.78 is 8.69. The molecule has 1 atom stereocenters. The Morgan fingerprint density at radius 1 is 1.13 bits per heavy atom. The number of para-hydroxylation sites is 2. The van der Waals surface area contributed by atoms with Crippen LogP contribution in [0.15, 0.2) is 59.4 Å². The van der Waals surface area contributed by atoms with Crippen LogP contribution in [0, 0.1) is 6.92 Å². The van der Waals surface area contributed by atoms with E-state index >= 15 is 0 Å². The first-order valence-electron chi connectivity index (χ1n) is 9.82. The second kappa shape index (κ2) is 9.00. The number of carbonyl (C=O) groups is 1. The molecule has 158 valence electrons. The molecule has 0 aliphatic rings. The Balaban J connectivity index is 1.79. The lowest BCUT2D eigenvalue weighted by Gasteiger charge is -2.24. The standard InChI is InChI=1S/C23H28N4O3/c1-16-21(23(29)27(26(16)4)19-12-7-6-8-13-19)24-22(28)17(2)25(3)15-18-11-9-10-14-20(18)30-5/h6-14,17H,15H2,1-5H3,(H,24,28). The van der Waals surface area contributed by atoms with Gasteiger partial charge < -0.3 is 10.1 Å². The quantitative estimate of drug-likeness (QED) is 0.653. The van der Waals surface area contributed by atoms with Crippen LogP contribution in [0.1, 0.15) is 18.2 Å². The summed E-state index contributed by atoms with van der Waals surface area (Å²) in [5.41, 5.74) is 2.47. The number of aromatic nitrogens is 2. The lowest BCUT2D eigenvalue weighted by atomic mass is 10.1. The number of benzene rings is 2. The summed E-state index contributed by atoms with van der Waals surface area (Å²) in [7, 11) is 5.30. The minimum Gasteiger partial charge on any atom is -0.496 e. The molecule has 0 saturated heterocycles. The van der Waals surface area contributed by atoms with E-state index in [0.717, 1.165) is 17.0 Å². The monoisotopic (exact) mass is 408 g/mol. The van der Waals surface area contributed by atoms with Crippen LogP contribution in [0.2, 0.25) is 0 Å². The molecule has 0 fully saturated rings. The first-order chi connectivity index (χ1) is 14.3. The van der Waals surface area contributed by atoms with Crippen LogP contribution in [0.3, 0.4) is 0 Å². The minimum atomic E-state index is -0.445. The Morgan fingerprint density at radius 3 is 2.43 bits per heavy atom. The fourth-order valence-electron chi connectivity index (χ4n) is 3.38. The van der Waals surface area contributed by atoms with Crippen LogP contribution in [0.5, 0.6) is 5.75 Å². The Morgan fingerprint density at radius 2 is 1.77 bits per heavy atom. The van der Waals surface area contributed by atoms with Crippen molar-refractivity contribution in [3.8, 4) is 11.4 Å². The van der Waals surface area contributed by atoms with Crippen molar-refractivity contribution in [1.29, 1.82) is 0 Å². The van der Waals surface area contributed by atoms with Crippen molar-refractivity contribution in [3.05, 3.63) is 76.2 Å². The van der Waals surface area contributed by atoms with Crippen LogP contribution < -0.4 is 15.6 Å². The highest BCUT2D eigenvalue weighted by atomic mass is 16.5. The molecule has 0 aliphatic carbocycles. The molecule has 0 spiro atoms. The maximum absolute atomic E-state index is 13.0. The number of nitrogens with one attached hydrogen (secondary N) is 1. The predicted molar refractivity (Wildman–Crippen MR) is 118 cm³/mol. The molecule has 1 unspecified atom stereocenters. The Hall–Kier alpha value is -3.32. The number of anilines is 1. The number of nitrogens with zero attached hydrogens (tertiary/aromatic N) is 3. The molecular weight excluding hydrogens is 380 g/mol. The number of hydrogen-bond donors (Lipinski definition) is 1. The number of amides is 1. The molecule has 30 heavy (non-hydrogen) atoms. The normalized spacial score (nSPS) is 12.1. The van der Waals surface area contributed by atoms with Gasteiger partial charge in [-0.1, -0.05) is 36.4 Å². The molecule has 7 nitrogen and oxygen atoms in total. The predicted octanol–water partition coefficient (Wildman–Crippen LogP) is 2.95. The number of methoxy groups -OCH3 is 1. The van der Waals surface area contributed by atoms with Gasteiger partial charge in [-0.05, 0) is 39.1 Å². The zero-order chi connectivity index (χ0) is 21.8. The van der Waals surface area contributed by atoms with Crippen molar-refractivity contribution in [1.82, 2.24) is 14.3 Å². The molecule has 3 aromatic rings. The van der Waals surface area contributed by atoms with Gasteiger partial charge in [-0.25, -0.2) is 4.68 Å². The third-order valence-corrected chi connectivity index (χ3v) is 5.46. The van der Waals surface area contributed by atoms with Gasteiger partial charge in [0, 0.05) is 19.2 Å². The molecule has 1 N–H and O–H groups in total. The van der Waals surface area contributed by atoms with E-state index in [1.807, 2.05) is 80.4 Å². The van der Waals surface area contributed by atoms with Crippen molar-refractivity contribution in [2.45, 2.75) is 26.4 Å². The van der Waals surface area contributed by atoms with Gasteiger partial charge >= 0.3 is 0 Å². The highest BCUT2D eigenvalue weighted by Gasteiger charge is 2.23. The van der Waals surface area contributed by atoms with E-state index in [-0.39, 0.29) is 11.5 Å². The number of ether oxygens (including phenoxy) is 1. The molecule has 0 saturated carbocycles. The number of rotatable bonds is 7. The Labute approximate surface area is 176 Å². The SMILES string of the molecule is COc1ccccc1CN(C)C(C)C(=O)Nc1c(C)n(C)n(-c2ccccc2)c1=O. The summed E-state index contributed by atoms with van der Waals surface area (Å²) in [6.07, 6.45) is 0. The lowest BCUT2D eigenvalue weighted by molar-refractivity contribution is -0.120. The van der Waals surface area contributed by atoms with E-state index < -0.39 is 6.04 Å². The highest BCUT2D eigenvalue weighted by molar-refractivity contribution is 5.94. The molecule has 0 radical (unpaired) electrons. The van der Waals surface area contributed by atoms with Crippen molar-refractivity contribution in [2.24, 2.45) is 7.05 Å². The summed E-state index contributed by atoms with van der Waals surface area (Å²) in [5, 5.41) is 2.84. The van der Waals surface area contributed by atoms with E-state index in [0.29, 0.717) is 17.9 Å². The smallest absolute Gasteiger partial charge is 0.295 e. The van der Waals surface area contributed by atoms with Gasteiger partial charge in [0.1, 0.15) is 11.4 Å². The lowest BCUT2D eigenvalue weighted by Crippen LogP contribution is -2.40. The fraction of sp³-hybridized carbons (Fsp3) is 0.304. The maximum Gasteiger partial charge on any atom is 0.295 e. The maximum atomic E-state index is 13.0. The largest absolute Gasteiger partial charge is 0.496 e. The van der Waals surface area contributed by atoms with Gasteiger partial charge in [0.05, 0.1) is 24.5 Å². The Bertz CT molecular complexity index is 1090. The van der Waals surface area contributed by atoms with E-state index in [1.165, 1.54) is 0 Å². The summed E-state index contributed by atoms with van der Waals surface area (Å²) in [6.45, 7) is 4.18. The average molecular weight is 409 g/mol. The second-order valence-electron chi connectivity index (χ2n) is 7.33. The minimum absolute atomic E-state index is 0.238. The van der Waals surface area contributed by atoms with Crippen molar-refractivity contribution < 1.29 is 9.53 Å². The number of likely N-dealkylation sites (N-methyl/N-ethyl adjacent to an activating group) is 1. The second-order valence-corrected chi connectivity index (χ2v) is 7.33. The van der Waals surface area contributed by atoms with Crippen LogP contribution in [-0.4, -0.2) is 40.4 Å².